The third kappa shape index (κ3) is 4.29. The van der Waals surface area contributed by atoms with Crippen LogP contribution in [0.25, 0.3) is 0 Å². The third-order valence-electron chi connectivity index (χ3n) is 4.49. The molecule has 0 aromatic carbocycles. The first kappa shape index (κ1) is 14.0. The molecule has 2 saturated carbocycles. The van der Waals surface area contributed by atoms with Crippen molar-refractivity contribution in [2.45, 2.75) is 70.7 Å². The van der Waals surface area contributed by atoms with Crippen LogP contribution in [-0.4, -0.2) is 17.1 Å². The highest BCUT2D eigenvalue weighted by molar-refractivity contribution is 5.13. The molecule has 1 heterocycles. The minimum Gasteiger partial charge on any atom is -0.372 e. The van der Waals surface area contributed by atoms with Gasteiger partial charge in [0.1, 0.15) is 0 Å². The van der Waals surface area contributed by atoms with Gasteiger partial charge in [-0.3, -0.25) is 4.98 Å². The van der Waals surface area contributed by atoms with Crippen molar-refractivity contribution in [3.05, 3.63) is 29.6 Å². The van der Waals surface area contributed by atoms with E-state index in [4.69, 9.17) is 4.74 Å². The van der Waals surface area contributed by atoms with Gasteiger partial charge >= 0.3 is 0 Å². The summed E-state index contributed by atoms with van der Waals surface area (Å²) in [5.41, 5.74) is 2.32. The molecular weight excluding hydrogens is 248 g/mol. The molecule has 0 saturated heterocycles. The largest absolute Gasteiger partial charge is 0.372 e. The van der Waals surface area contributed by atoms with Gasteiger partial charge in [0.05, 0.1) is 18.4 Å². The van der Waals surface area contributed by atoms with Gasteiger partial charge < -0.3 is 10.1 Å². The molecule has 3 heteroatoms. The second-order valence-corrected chi connectivity index (χ2v) is 6.51. The molecule has 1 N–H and O–H groups in total. The lowest BCUT2D eigenvalue weighted by Crippen LogP contribution is -2.20. The van der Waals surface area contributed by atoms with Crippen LogP contribution in [0.2, 0.25) is 0 Å². The Morgan fingerprint density at radius 2 is 1.95 bits per heavy atom. The minimum atomic E-state index is 0.448. The predicted molar refractivity (Wildman–Crippen MR) is 80.3 cm³/mol. The fourth-order valence-corrected chi connectivity index (χ4v) is 2.79. The monoisotopic (exact) mass is 274 g/mol. The number of pyridine rings is 1. The smallest absolute Gasteiger partial charge is 0.0891 e. The molecule has 0 amide bonds. The molecule has 0 atom stereocenters. The fraction of sp³-hybridized carbons (Fsp3) is 0.706. The van der Waals surface area contributed by atoms with E-state index in [-0.39, 0.29) is 0 Å². The zero-order valence-electron chi connectivity index (χ0n) is 12.5. The van der Waals surface area contributed by atoms with Crippen LogP contribution in [0.4, 0.5) is 0 Å². The van der Waals surface area contributed by atoms with Crippen LogP contribution in [0, 0.1) is 5.92 Å². The Kier molecular flexibility index (Phi) is 4.69. The highest BCUT2D eigenvalue weighted by Crippen LogP contribution is 2.26. The summed E-state index contributed by atoms with van der Waals surface area (Å²) in [4.78, 5) is 4.51. The van der Waals surface area contributed by atoms with E-state index < -0.39 is 0 Å². The van der Waals surface area contributed by atoms with Gasteiger partial charge in [0.25, 0.3) is 0 Å². The average Bonchev–Trinajstić information content (AvgIpc) is 3.30. The van der Waals surface area contributed by atoms with Crippen LogP contribution in [0.5, 0.6) is 0 Å². The van der Waals surface area contributed by atoms with Gasteiger partial charge in [-0.2, -0.15) is 0 Å². The van der Waals surface area contributed by atoms with Crippen molar-refractivity contribution in [2.75, 3.05) is 0 Å². The van der Waals surface area contributed by atoms with Gasteiger partial charge in [0, 0.05) is 18.8 Å². The van der Waals surface area contributed by atoms with Crippen molar-refractivity contribution in [2.24, 2.45) is 5.92 Å². The summed E-state index contributed by atoms with van der Waals surface area (Å²) in [6.07, 6.45) is 10.1. The summed E-state index contributed by atoms with van der Waals surface area (Å²) in [5.74, 6) is 0.881. The molecule has 0 aliphatic heterocycles. The molecule has 1 aromatic heterocycles. The second kappa shape index (κ2) is 6.68. The van der Waals surface area contributed by atoms with E-state index in [9.17, 15) is 0 Å². The van der Waals surface area contributed by atoms with Crippen molar-refractivity contribution >= 4 is 0 Å². The highest BCUT2D eigenvalue weighted by atomic mass is 16.5. The third-order valence-corrected chi connectivity index (χ3v) is 4.49. The lowest BCUT2D eigenvalue weighted by molar-refractivity contribution is 0.00727. The summed E-state index contributed by atoms with van der Waals surface area (Å²) < 4.78 is 5.99. The first-order chi connectivity index (χ1) is 9.79. The zero-order valence-corrected chi connectivity index (χ0v) is 12.5. The van der Waals surface area contributed by atoms with Crippen LogP contribution in [0.15, 0.2) is 18.3 Å². The van der Waals surface area contributed by atoms with Gasteiger partial charge in [-0.25, -0.2) is 0 Å². The van der Waals surface area contributed by atoms with Crippen LogP contribution < -0.4 is 5.32 Å². The molecule has 3 rings (SSSR count). The molecule has 20 heavy (non-hydrogen) atoms. The van der Waals surface area contributed by atoms with E-state index in [2.05, 4.69) is 29.4 Å². The molecule has 0 spiro atoms. The van der Waals surface area contributed by atoms with Crippen molar-refractivity contribution in [1.29, 1.82) is 0 Å². The lowest BCUT2D eigenvalue weighted by atomic mass is 9.89. The van der Waals surface area contributed by atoms with Crippen LogP contribution in [-0.2, 0) is 17.9 Å². The molecule has 3 nitrogen and oxygen atoms in total. The van der Waals surface area contributed by atoms with Gasteiger partial charge in [-0.15, -0.1) is 0 Å². The van der Waals surface area contributed by atoms with Crippen molar-refractivity contribution in [3.8, 4) is 0 Å². The Morgan fingerprint density at radius 3 is 2.60 bits per heavy atom. The van der Waals surface area contributed by atoms with Gasteiger partial charge in [0.15, 0.2) is 0 Å². The minimum absolute atomic E-state index is 0.448. The van der Waals surface area contributed by atoms with Crippen LogP contribution in [0.3, 0.4) is 0 Å². The first-order valence-electron chi connectivity index (χ1n) is 8.08. The molecule has 0 radical (unpaired) electrons. The maximum atomic E-state index is 5.99. The maximum absolute atomic E-state index is 5.99. The Hall–Kier alpha value is -0.930. The Balaban J connectivity index is 1.40. The van der Waals surface area contributed by atoms with Gasteiger partial charge in [-0.05, 0) is 56.1 Å². The molecule has 2 aliphatic carbocycles. The summed E-state index contributed by atoms with van der Waals surface area (Å²) in [7, 11) is 0. The molecule has 2 aliphatic rings. The predicted octanol–water partition coefficient (Wildman–Crippen LogP) is 3.43. The van der Waals surface area contributed by atoms with E-state index in [1.54, 1.807) is 0 Å². The number of nitrogens with one attached hydrogen (secondary N) is 1. The number of ether oxygens (including phenoxy) is 1. The Labute approximate surface area is 122 Å². The average molecular weight is 274 g/mol. The topological polar surface area (TPSA) is 34.1 Å². The summed E-state index contributed by atoms with van der Waals surface area (Å²) >= 11 is 0. The van der Waals surface area contributed by atoms with Gasteiger partial charge in [-0.1, -0.05) is 13.0 Å². The number of aromatic nitrogens is 1. The number of hydrogen-bond donors (Lipinski definition) is 1. The molecule has 110 valence electrons. The van der Waals surface area contributed by atoms with Crippen LogP contribution in [0.1, 0.15) is 56.7 Å². The molecule has 1 aromatic rings. The molecule has 2 fully saturated rings. The highest BCUT2D eigenvalue weighted by Gasteiger charge is 2.20. The number of rotatable bonds is 6. The summed E-state index contributed by atoms with van der Waals surface area (Å²) in [6, 6.07) is 5.03. The second-order valence-electron chi connectivity index (χ2n) is 6.51. The summed E-state index contributed by atoms with van der Waals surface area (Å²) in [5, 5.41) is 3.51. The van der Waals surface area contributed by atoms with Gasteiger partial charge in [0.2, 0.25) is 0 Å². The number of hydrogen-bond acceptors (Lipinski definition) is 3. The quantitative estimate of drug-likeness (QED) is 0.863. The first-order valence-corrected chi connectivity index (χ1v) is 8.08. The van der Waals surface area contributed by atoms with Crippen molar-refractivity contribution < 1.29 is 4.74 Å². The van der Waals surface area contributed by atoms with E-state index in [1.807, 2.05) is 6.20 Å². The molecular formula is C17H26N2O. The van der Waals surface area contributed by atoms with E-state index in [0.29, 0.717) is 12.7 Å². The number of nitrogens with zero attached hydrogens (tertiary/aromatic N) is 1. The SMILES string of the molecule is CC1CCC(OCc2ccc(CNC3CC3)cn2)CC1. The van der Waals surface area contributed by atoms with Crippen LogP contribution >= 0.6 is 0 Å². The van der Waals surface area contributed by atoms with Crippen molar-refractivity contribution in [3.63, 3.8) is 0 Å². The summed E-state index contributed by atoms with van der Waals surface area (Å²) in [6.45, 7) is 3.95. The molecule has 0 unspecified atom stereocenters. The fourth-order valence-electron chi connectivity index (χ4n) is 2.79. The maximum Gasteiger partial charge on any atom is 0.0891 e. The van der Waals surface area contributed by atoms with E-state index in [0.717, 1.165) is 24.2 Å². The Morgan fingerprint density at radius 1 is 1.15 bits per heavy atom. The van der Waals surface area contributed by atoms with E-state index >= 15 is 0 Å². The molecule has 0 bridgehead atoms. The normalized spacial score (nSPS) is 26.6. The standard InChI is InChI=1S/C17H26N2O/c1-13-2-8-17(9-3-13)20-12-16-5-4-14(11-19-16)10-18-15-6-7-15/h4-5,11,13,15,17-18H,2-3,6-10,12H2,1H3. The lowest BCUT2D eigenvalue weighted by Gasteiger charge is -2.26. The zero-order chi connectivity index (χ0) is 13.8. The Bertz CT molecular complexity index is 406. The van der Waals surface area contributed by atoms with E-state index in [1.165, 1.54) is 44.1 Å². The van der Waals surface area contributed by atoms with Crippen molar-refractivity contribution in [1.82, 2.24) is 10.3 Å².